The Balaban J connectivity index is 4.14. The summed E-state index contributed by atoms with van der Waals surface area (Å²) in [5.41, 5.74) is 0. The number of likely N-dealkylation sites (N-methyl/N-ethyl adjacent to an activating group) is 1. The predicted octanol–water partition coefficient (Wildman–Crippen LogP) is 4.61. The molecule has 0 aromatic heterocycles. The number of hydrogen-bond donors (Lipinski definition) is 0. The molecule has 0 heterocycles. The third-order valence-corrected chi connectivity index (χ3v) is 4.03. The second kappa shape index (κ2) is 14.4. The van der Waals surface area contributed by atoms with Crippen molar-refractivity contribution in [2.45, 2.75) is 71.8 Å². The van der Waals surface area contributed by atoms with Crippen LogP contribution in [0.5, 0.6) is 0 Å². The van der Waals surface area contributed by atoms with Gasteiger partial charge in [0.05, 0.1) is 12.5 Å². The number of nitrogens with zero attached hydrogens (tertiary/aromatic N) is 1. The van der Waals surface area contributed by atoms with Crippen LogP contribution in [0.25, 0.3) is 0 Å². The fourth-order valence-electron chi connectivity index (χ4n) is 2.54. The Morgan fingerprint density at radius 2 is 1.54 bits per heavy atom. The van der Waals surface area contributed by atoms with Crippen molar-refractivity contribution >= 4 is 23.7 Å². The number of rotatable bonds is 13. The summed E-state index contributed by atoms with van der Waals surface area (Å²) in [6, 6.07) is -0.641. The highest BCUT2D eigenvalue weighted by molar-refractivity contribution is 6.18. The summed E-state index contributed by atoms with van der Waals surface area (Å²) in [6.45, 7) is 6.49. The maximum absolute atomic E-state index is 12.3. The summed E-state index contributed by atoms with van der Waals surface area (Å²) < 4.78 is 10.3. The van der Waals surface area contributed by atoms with Crippen molar-refractivity contribution in [1.29, 1.82) is 0 Å². The van der Waals surface area contributed by atoms with Crippen LogP contribution >= 0.6 is 11.6 Å². The lowest BCUT2D eigenvalue weighted by atomic mass is 10.0. The number of carbonyl (C=O) groups excluding carboxylic acids is 2. The third-order valence-electron chi connectivity index (χ3n) is 3.87. The van der Waals surface area contributed by atoms with E-state index in [4.69, 9.17) is 21.1 Å². The number of carbonyl (C=O) groups is 2. The molecule has 1 amide bonds. The monoisotopic (exact) mass is 363 g/mol. The van der Waals surface area contributed by atoms with E-state index in [2.05, 4.69) is 6.92 Å². The van der Waals surface area contributed by atoms with E-state index >= 15 is 0 Å². The average molecular weight is 364 g/mol. The fraction of sp³-hybridized carbons (Fsp3) is 0.889. The molecule has 0 rings (SSSR count). The van der Waals surface area contributed by atoms with Gasteiger partial charge >= 0.3 is 12.1 Å². The summed E-state index contributed by atoms with van der Waals surface area (Å²) in [7, 11) is 1.55. The molecule has 0 aromatic rings. The molecule has 0 aromatic carbocycles. The van der Waals surface area contributed by atoms with E-state index in [-0.39, 0.29) is 24.4 Å². The van der Waals surface area contributed by atoms with Crippen LogP contribution in [0.4, 0.5) is 4.79 Å². The van der Waals surface area contributed by atoms with Crippen molar-refractivity contribution in [2.75, 3.05) is 26.1 Å². The van der Waals surface area contributed by atoms with Gasteiger partial charge < -0.3 is 9.47 Å². The van der Waals surface area contributed by atoms with Crippen LogP contribution in [0.15, 0.2) is 0 Å². The minimum Gasteiger partial charge on any atom is -0.464 e. The fourth-order valence-corrected chi connectivity index (χ4v) is 2.61. The molecule has 0 fully saturated rings. The van der Waals surface area contributed by atoms with Gasteiger partial charge in [0.15, 0.2) is 0 Å². The van der Waals surface area contributed by atoms with Crippen LogP contribution in [0, 0.1) is 5.92 Å². The first-order valence-corrected chi connectivity index (χ1v) is 9.61. The van der Waals surface area contributed by atoms with Crippen molar-refractivity contribution in [3.63, 3.8) is 0 Å². The minimum absolute atomic E-state index is 0.0555. The molecule has 6 heteroatoms. The third kappa shape index (κ3) is 10.0. The lowest BCUT2D eigenvalue weighted by Crippen LogP contribution is -2.47. The Morgan fingerprint density at radius 3 is 2.08 bits per heavy atom. The van der Waals surface area contributed by atoms with Gasteiger partial charge in [0.2, 0.25) is 0 Å². The molecule has 142 valence electrons. The maximum Gasteiger partial charge on any atom is 0.410 e. The van der Waals surface area contributed by atoms with Crippen molar-refractivity contribution in [3.8, 4) is 0 Å². The lowest BCUT2D eigenvalue weighted by Gasteiger charge is -2.28. The van der Waals surface area contributed by atoms with E-state index in [0.29, 0.717) is 6.61 Å². The van der Waals surface area contributed by atoms with Crippen LogP contribution in [0.2, 0.25) is 0 Å². The molecule has 1 unspecified atom stereocenters. The van der Waals surface area contributed by atoms with E-state index in [1.54, 1.807) is 7.05 Å². The number of ether oxygens (including phenoxy) is 2. The maximum atomic E-state index is 12.3. The van der Waals surface area contributed by atoms with Gasteiger partial charge in [-0.2, -0.15) is 0 Å². The number of amides is 1. The normalized spacial score (nSPS) is 12.1. The van der Waals surface area contributed by atoms with E-state index in [1.165, 1.54) is 37.0 Å². The van der Waals surface area contributed by atoms with Crippen LogP contribution < -0.4 is 0 Å². The van der Waals surface area contributed by atoms with E-state index in [0.717, 1.165) is 12.8 Å². The molecule has 1 atom stereocenters. The number of unbranched alkanes of at least 4 members (excludes halogenated alkanes) is 6. The molecule has 0 aliphatic heterocycles. The second-order valence-electron chi connectivity index (χ2n) is 6.39. The van der Waals surface area contributed by atoms with Crippen molar-refractivity contribution < 1.29 is 19.1 Å². The average Bonchev–Trinajstić information content (AvgIpc) is 2.54. The Kier molecular flexibility index (Phi) is 13.8. The van der Waals surface area contributed by atoms with Gasteiger partial charge in [-0.1, -0.05) is 59.3 Å². The molecule has 0 bridgehead atoms. The zero-order chi connectivity index (χ0) is 18.4. The van der Waals surface area contributed by atoms with Crippen LogP contribution in [0.1, 0.15) is 65.7 Å². The van der Waals surface area contributed by atoms with Crippen molar-refractivity contribution in [1.82, 2.24) is 4.90 Å². The Labute approximate surface area is 152 Å². The first-order chi connectivity index (χ1) is 11.5. The zero-order valence-corrected chi connectivity index (χ0v) is 16.4. The number of halogens is 1. The van der Waals surface area contributed by atoms with Crippen molar-refractivity contribution in [2.24, 2.45) is 5.92 Å². The quantitative estimate of drug-likeness (QED) is 0.272. The molecule has 0 aliphatic rings. The van der Waals surface area contributed by atoms with Crippen LogP contribution in [0.3, 0.4) is 0 Å². The molecule has 0 spiro atoms. The number of esters is 1. The number of hydrogen-bond acceptors (Lipinski definition) is 4. The summed E-state index contributed by atoms with van der Waals surface area (Å²) in [5, 5.41) is 0. The summed E-state index contributed by atoms with van der Waals surface area (Å²) in [5.74, 6) is -0.198. The van der Waals surface area contributed by atoms with Gasteiger partial charge in [0, 0.05) is 7.05 Å². The molecule has 24 heavy (non-hydrogen) atoms. The van der Waals surface area contributed by atoms with Crippen LogP contribution in [-0.2, 0) is 14.3 Å². The summed E-state index contributed by atoms with van der Waals surface area (Å²) in [6.07, 6.45) is 7.61. The first-order valence-electron chi connectivity index (χ1n) is 9.07. The largest absolute Gasteiger partial charge is 0.464 e. The van der Waals surface area contributed by atoms with E-state index in [1.807, 2.05) is 13.8 Å². The van der Waals surface area contributed by atoms with Crippen molar-refractivity contribution in [3.05, 3.63) is 0 Å². The molecule has 5 nitrogen and oxygen atoms in total. The summed E-state index contributed by atoms with van der Waals surface area (Å²) in [4.78, 5) is 25.5. The number of alkyl halides is 1. The SMILES string of the molecule is CCCCCCCCCOC(=O)C(C(C)C)N(C)C(=O)OCCCl. The van der Waals surface area contributed by atoms with Gasteiger partial charge in [-0.15, -0.1) is 11.6 Å². The predicted molar refractivity (Wildman–Crippen MR) is 97.4 cm³/mol. The Morgan fingerprint density at radius 1 is 0.958 bits per heavy atom. The molecule has 0 aliphatic carbocycles. The smallest absolute Gasteiger partial charge is 0.410 e. The topological polar surface area (TPSA) is 55.8 Å². The Bertz CT molecular complexity index is 350. The standard InChI is InChI=1S/C18H34ClNO4/c1-5-6-7-8-9-10-11-13-23-17(21)16(15(2)3)20(4)18(22)24-14-12-19/h15-16H,5-14H2,1-4H3. The Hall–Kier alpha value is -0.970. The highest BCUT2D eigenvalue weighted by Gasteiger charge is 2.31. The van der Waals surface area contributed by atoms with Gasteiger partial charge in [-0.05, 0) is 12.3 Å². The first kappa shape index (κ1) is 23.0. The van der Waals surface area contributed by atoms with E-state index in [9.17, 15) is 9.59 Å². The van der Waals surface area contributed by atoms with Gasteiger partial charge in [0.25, 0.3) is 0 Å². The highest BCUT2D eigenvalue weighted by Crippen LogP contribution is 2.13. The van der Waals surface area contributed by atoms with Gasteiger partial charge in [-0.25, -0.2) is 9.59 Å². The molecule has 0 N–H and O–H groups in total. The summed E-state index contributed by atoms with van der Waals surface area (Å²) >= 11 is 5.51. The second-order valence-corrected chi connectivity index (χ2v) is 6.77. The molecule has 0 radical (unpaired) electrons. The molecular weight excluding hydrogens is 330 g/mol. The zero-order valence-electron chi connectivity index (χ0n) is 15.7. The minimum atomic E-state index is -0.641. The van der Waals surface area contributed by atoms with Crippen LogP contribution in [-0.4, -0.2) is 49.1 Å². The molecule has 0 saturated heterocycles. The van der Waals surface area contributed by atoms with Gasteiger partial charge in [0.1, 0.15) is 12.6 Å². The molecular formula is C18H34ClNO4. The highest BCUT2D eigenvalue weighted by atomic mass is 35.5. The lowest BCUT2D eigenvalue weighted by molar-refractivity contribution is -0.150. The molecule has 0 saturated carbocycles. The van der Waals surface area contributed by atoms with Gasteiger partial charge in [-0.3, -0.25) is 4.90 Å². The van der Waals surface area contributed by atoms with E-state index < -0.39 is 12.1 Å².